The quantitative estimate of drug-likeness (QED) is 0.630. The molecule has 1 aliphatic heterocycles. The Hall–Kier alpha value is -2.33. The monoisotopic (exact) mass is 408 g/mol. The van der Waals surface area contributed by atoms with Crippen LogP contribution in [0.2, 0.25) is 0 Å². The second-order valence-electron chi connectivity index (χ2n) is 8.68. The first-order valence-electron chi connectivity index (χ1n) is 11.2. The molecular formula is C26H36N2O2. The molecule has 3 rings (SSSR count). The zero-order valence-electron chi connectivity index (χ0n) is 19.1. The number of hydrogen-bond acceptors (Lipinski definition) is 3. The summed E-state index contributed by atoms with van der Waals surface area (Å²) < 4.78 is 6.29. The van der Waals surface area contributed by atoms with Gasteiger partial charge in [0.25, 0.3) is 5.91 Å². The molecule has 2 aromatic rings. The highest BCUT2D eigenvalue weighted by atomic mass is 16.5. The van der Waals surface area contributed by atoms with Crippen LogP contribution in [0.3, 0.4) is 0 Å². The highest BCUT2D eigenvalue weighted by Crippen LogP contribution is 2.26. The molecule has 1 aliphatic rings. The molecule has 1 amide bonds. The minimum absolute atomic E-state index is 0.128. The number of nitrogens with zero attached hydrogens (tertiary/aromatic N) is 2. The Bertz CT molecular complexity index is 816. The Kier molecular flexibility index (Phi) is 7.54. The van der Waals surface area contributed by atoms with E-state index in [2.05, 4.69) is 69.9 Å². The van der Waals surface area contributed by atoms with Gasteiger partial charge in [0, 0.05) is 44.1 Å². The van der Waals surface area contributed by atoms with Gasteiger partial charge in [-0.15, -0.1) is 0 Å². The zero-order chi connectivity index (χ0) is 21.7. The molecule has 1 heterocycles. The van der Waals surface area contributed by atoms with Crippen molar-refractivity contribution in [2.75, 3.05) is 19.6 Å². The molecule has 30 heavy (non-hydrogen) atoms. The number of piperidine rings is 1. The van der Waals surface area contributed by atoms with Crippen LogP contribution in [0.5, 0.6) is 5.75 Å². The summed E-state index contributed by atoms with van der Waals surface area (Å²) in [5.74, 6) is 1.13. The second-order valence-corrected chi connectivity index (χ2v) is 8.68. The van der Waals surface area contributed by atoms with Crippen LogP contribution in [0.1, 0.15) is 60.7 Å². The lowest BCUT2D eigenvalue weighted by atomic mass is 10.0. The van der Waals surface area contributed by atoms with Gasteiger partial charge in [0.15, 0.2) is 0 Å². The molecule has 4 nitrogen and oxygen atoms in total. The van der Waals surface area contributed by atoms with Crippen molar-refractivity contribution in [1.29, 1.82) is 0 Å². The molecule has 0 unspecified atom stereocenters. The van der Waals surface area contributed by atoms with Crippen LogP contribution < -0.4 is 4.74 Å². The SMILES string of the molecule is CCN(Cc1ccc(C(=O)N2CCC(Oc3c(C)cccc3C)CC2)cc1)C(C)C. The van der Waals surface area contributed by atoms with Crippen LogP contribution in [-0.4, -0.2) is 47.5 Å². The molecule has 0 atom stereocenters. The number of carbonyl (C=O) groups is 1. The molecule has 1 saturated heterocycles. The Morgan fingerprint density at radius 2 is 1.67 bits per heavy atom. The van der Waals surface area contributed by atoms with Gasteiger partial charge in [-0.3, -0.25) is 9.69 Å². The summed E-state index contributed by atoms with van der Waals surface area (Å²) in [5, 5.41) is 0. The van der Waals surface area contributed by atoms with Crippen LogP contribution in [0.25, 0.3) is 0 Å². The van der Waals surface area contributed by atoms with E-state index < -0.39 is 0 Å². The first-order chi connectivity index (χ1) is 14.4. The first-order valence-corrected chi connectivity index (χ1v) is 11.2. The van der Waals surface area contributed by atoms with E-state index in [1.165, 1.54) is 16.7 Å². The number of amides is 1. The normalized spacial score (nSPS) is 15.1. The van der Waals surface area contributed by atoms with Crippen molar-refractivity contribution in [3.63, 3.8) is 0 Å². The maximum atomic E-state index is 12.9. The number of likely N-dealkylation sites (tertiary alicyclic amines) is 1. The summed E-state index contributed by atoms with van der Waals surface area (Å²) >= 11 is 0. The van der Waals surface area contributed by atoms with E-state index >= 15 is 0 Å². The fraction of sp³-hybridized carbons (Fsp3) is 0.500. The van der Waals surface area contributed by atoms with E-state index in [9.17, 15) is 4.79 Å². The standard InChI is InChI=1S/C26H36N2O2/c1-6-27(19(2)3)18-22-10-12-23(13-11-22)26(29)28-16-14-24(15-17-28)30-25-20(4)8-7-9-21(25)5/h7-13,19,24H,6,14-18H2,1-5H3. The van der Waals surface area contributed by atoms with E-state index in [1.54, 1.807) is 0 Å². The van der Waals surface area contributed by atoms with Crippen molar-refractivity contribution in [2.24, 2.45) is 0 Å². The molecule has 0 aromatic heterocycles. The van der Waals surface area contributed by atoms with Gasteiger partial charge in [0.05, 0.1) is 0 Å². The van der Waals surface area contributed by atoms with Gasteiger partial charge in [0.2, 0.25) is 0 Å². The summed E-state index contributed by atoms with van der Waals surface area (Å²) in [7, 11) is 0. The molecule has 0 saturated carbocycles. The number of carbonyl (C=O) groups excluding carboxylic acids is 1. The third kappa shape index (κ3) is 5.42. The average Bonchev–Trinajstić information content (AvgIpc) is 2.75. The van der Waals surface area contributed by atoms with Gasteiger partial charge in [0.1, 0.15) is 11.9 Å². The third-order valence-corrected chi connectivity index (χ3v) is 6.15. The Balaban J connectivity index is 1.55. The lowest BCUT2D eigenvalue weighted by Crippen LogP contribution is -2.41. The Labute approximate surface area is 181 Å². The lowest BCUT2D eigenvalue weighted by molar-refractivity contribution is 0.0593. The molecule has 4 heteroatoms. The summed E-state index contributed by atoms with van der Waals surface area (Å²) in [5.41, 5.74) is 4.38. The van der Waals surface area contributed by atoms with Crippen LogP contribution in [0.4, 0.5) is 0 Å². The Morgan fingerprint density at radius 3 is 2.20 bits per heavy atom. The molecule has 0 bridgehead atoms. The van der Waals surface area contributed by atoms with Crippen molar-refractivity contribution in [3.05, 3.63) is 64.7 Å². The van der Waals surface area contributed by atoms with Crippen molar-refractivity contribution < 1.29 is 9.53 Å². The summed E-state index contributed by atoms with van der Waals surface area (Å²) in [4.78, 5) is 17.3. The van der Waals surface area contributed by atoms with Crippen LogP contribution in [-0.2, 0) is 6.54 Å². The smallest absolute Gasteiger partial charge is 0.253 e. The predicted octanol–water partition coefficient (Wildman–Crippen LogP) is 5.22. The second kappa shape index (κ2) is 10.1. The molecule has 1 fully saturated rings. The topological polar surface area (TPSA) is 32.8 Å². The van der Waals surface area contributed by atoms with Crippen LogP contribution in [0, 0.1) is 13.8 Å². The minimum Gasteiger partial charge on any atom is -0.490 e. The number of rotatable bonds is 7. The van der Waals surface area contributed by atoms with Crippen LogP contribution in [0.15, 0.2) is 42.5 Å². The molecule has 0 radical (unpaired) electrons. The van der Waals surface area contributed by atoms with Gasteiger partial charge in [-0.2, -0.15) is 0 Å². The molecule has 2 aromatic carbocycles. The van der Waals surface area contributed by atoms with Crippen molar-refractivity contribution in [3.8, 4) is 5.75 Å². The van der Waals surface area contributed by atoms with Crippen LogP contribution >= 0.6 is 0 Å². The van der Waals surface area contributed by atoms with E-state index in [0.717, 1.165) is 50.3 Å². The summed E-state index contributed by atoms with van der Waals surface area (Å²) in [6, 6.07) is 14.9. The molecule has 162 valence electrons. The fourth-order valence-corrected chi connectivity index (χ4v) is 4.16. The average molecular weight is 409 g/mol. The zero-order valence-corrected chi connectivity index (χ0v) is 19.1. The van der Waals surface area contributed by atoms with Gasteiger partial charge in [-0.25, -0.2) is 0 Å². The molecule has 0 spiro atoms. The largest absolute Gasteiger partial charge is 0.490 e. The van der Waals surface area contributed by atoms with Gasteiger partial charge in [-0.05, 0) is 63.1 Å². The number of hydrogen-bond donors (Lipinski definition) is 0. The number of para-hydroxylation sites is 1. The van der Waals surface area contributed by atoms with E-state index in [0.29, 0.717) is 6.04 Å². The maximum absolute atomic E-state index is 12.9. The summed E-state index contributed by atoms with van der Waals surface area (Å²) in [6.07, 6.45) is 1.92. The van der Waals surface area contributed by atoms with Gasteiger partial charge in [-0.1, -0.05) is 37.3 Å². The predicted molar refractivity (Wildman–Crippen MR) is 123 cm³/mol. The minimum atomic E-state index is 0.128. The lowest BCUT2D eigenvalue weighted by Gasteiger charge is -2.33. The Morgan fingerprint density at radius 1 is 1.07 bits per heavy atom. The third-order valence-electron chi connectivity index (χ3n) is 6.15. The van der Waals surface area contributed by atoms with E-state index in [4.69, 9.17) is 4.74 Å². The van der Waals surface area contributed by atoms with E-state index in [-0.39, 0.29) is 12.0 Å². The molecule has 0 N–H and O–H groups in total. The summed E-state index contributed by atoms with van der Waals surface area (Å²) in [6.45, 7) is 14.2. The van der Waals surface area contributed by atoms with Crippen molar-refractivity contribution in [1.82, 2.24) is 9.80 Å². The number of aryl methyl sites for hydroxylation is 2. The van der Waals surface area contributed by atoms with Gasteiger partial charge >= 0.3 is 0 Å². The first kappa shape index (κ1) is 22.4. The highest BCUT2D eigenvalue weighted by Gasteiger charge is 2.25. The molecule has 0 aliphatic carbocycles. The number of ether oxygens (including phenoxy) is 1. The van der Waals surface area contributed by atoms with Crippen molar-refractivity contribution >= 4 is 5.91 Å². The molecular weight excluding hydrogens is 372 g/mol. The number of benzene rings is 2. The highest BCUT2D eigenvalue weighted by molar-refractivity contribution is 5.94. The van der Waals surface area contributed by atoms with E-state index in [1.807, 2.05) is 17.0 Å². The van der Waals surface area contributed by atoms with Crippen molar-refractivity contribution in [2.45, 2.75) is 66.2 Å². The fourth-order valence-electron chi connectivity index (χ4n) is 4.16. The van der Waals surface area contributed by atoms with Gasteiger partial charge < -0.3 is 9.64 Å². The maximum Gasteiger partial charge on any atom is 0.253 e.